The summed E-state index contributed by atoms with van der Waals surface area (Å²) >= 11 is 11.8. The van der Waals surface area contributed by atoms with E-state index in [2.05, 4.69) is 0 Å². The molecule has 108 valence electrons. The van der Waals surface area contributed by atoms with Crippen molar-refractivity contribution < 1.29 is 27.8 Å². The van der Waals surface area contributed by atoms with E-state index in [4.69, 9.17) is 33.0 Å². The molecule has 3 nitrogen and oxygen atoms in total. The van der Waals surface area contributed by atoms with E-state index in [1.54, 1.807) is 0 Å². The van der Waals surface area contributed by atoms with Crippen LogP contribution in [-0.4, -0.2) is 23.4 Å². The highest BCUT2D eigenvalue weighted by atomic mass is 35.5. The summed E-state index contributed by atoms with van der Waals surface area (Å²) in [6, 6.07) is 1.31. The van der Waals surface area contributed by atoms with E-state index in [0.717, 1.165) is 6.08 Å². The molecule has 0 saturated heterocycles. The zero-order valence-corrected chi connectivity index (χ0v) is 11.4. The number of carboxylic acid groups (broad SMARTS) is 1. The van der Waals surface area contributed by atoms with Crippen LogP contribution in [0.15, 0.2) is 11.6 Å². The Labute approximate surface area is 121 Å². The molecule has 1 aliphatic rings. The minimum Gasteiger partial charge on any atom is -0.478 e. The Morgan fingerprint density at radius 3 is 2.50 bits per heavy atom. The summed E-state index contributed by atoms with van der Waals surface area (Å²) in [6.45, 7) is 1.52. The molecule has 0 unspecified atom stereocenters. The molecule has 0 fully saturated rings. The number of rotatable bonds is 1. The second-order valence-corrected chi connectivity index (χ2v) is 4.95. The summed E-state index contributed by atoms with van der Waals surface area (Å²) in [7, 11) is 0. The highest BCUT2D eigenvalue weighted by Gasteiger charge is 2.48. The van der Waals surface area contributed by atoms with Gasteiger partial charge in [-0.2, -0.15) is 13.2 Å². The highest BCUT2D eigenvalue weighted by Crippen LogP contribution is 2.44. The van der Waals surface area contributed by atoms with Gasteiger partial charge in [-0.05, 0) is 24.6 Å². The van der Waals surface area contributed by atoms with Crippen molar-refractivity contribution in [2.75, 3.05) is 0 Å². The molecule has 1 aromatic carbocycles. The number of aliphatic carboxylic acids is 1. The van der Waals surface area contributed by atoms with Gasteiger partial charge in [-0.25, -0.2) is 4.79 Å². The molecule has 0 saturated carbocycles. The number of carbonyl (C=O) groups is 1. The van der Waals surface area contributed by atoms with Gasteiger partial charge in [0.2, 0.25) is 6.10 Å². The fourth-order valence-electron chi connectivity index (χ4n) is 1.78. The molecular weight excluding hydrogens is 320 g/mol. The summed E-state index contributed by atoms with van der Waals surface area (Å²) < 4.78 is 43.3. The minimum atomic E-state index is -4.86. The van der Waals surface area contributed by atoms with Crippen LogP contribution in [0.5, 0.6) is 5.75 Å². The van der Waals surface area contributed by atoms with Crippen LogP contribution >= 0.6 is 23.2 Å². The third-order valence-corrected chi connectivity index (χ3v) is 3.65. The largest absolute Gasteiger partial charge is 0.478 e. The van der Waals surface area contributed by atoms with Gasteiger partial charge in [0.15, 0.2) is 0 Å². The summed E-state index contributed by atoms with van der Waals surface area (Å²) in [5.41, 5.74) is -0.454. The lowest BCUT2D eigenvalue weighted by atomic mass is 10.00. The summed E-state index contributed by atoms with van der Waals surface area (Å²) in [6.07, 6.45) is -6.56. The number of hydrogen-bond donors (Lipinski definition) is 1. The number of hydrogen-bond acceptors (Lipinski definition) is 2. The molecule has 1 atom stereocenters. The van der Waals surface area contributed by atoms with E-state index in [1.807, 2.05) is 0 Å². The van der Waals surface area contributed by atoms with Crippen LogP contribution in [0.3, 0.4) is 0 Å². The number of ether oxygens (including phenoxy) is 1. The molecule has 8 heteroatoms. The zero-order valence-electron chi connectivity index (χ0n) is 9.89. The maximum atomic E-state index is 12.9. The van der Waals surface area contributed by atoms with Crippen LogP contribution in [0, 0.1) is 6.92 Å². The van der Waals surface area contributed by atoms with Gasteiger partial charge in [-0.15, -0.1) is 0 Å². The molecule has 0 bridgehead atoms. The average Bonchev–Trinajstić information content (AvgIpc) is 2.33. The van der Waals surface area contributed by atoms with E-state index < -0.39 is 23.8 Å². The van der Waals surface area contributed by atoms with Gasteiger partial charge in [0, 0.05) is 10.6 Å². The molecule has 0 aliphatic carbocycles. The van der Waals surface area contributed by atoms with Gasteiger partial charge >= 0.3 is 12.1 Å². The van der Waals surface area contributed by atoms with Crippen molar-refractivity contribution in [1.82, 2.24) is 0 Å². The fraction of sp³-hybridized carbons (Fsp3) is 0.250. The predicted molar refractivity (Wildman–Crippen MR) is 67.3 cm³/mol. The van der Waals surface area contributed by atoms with Gasteiger partial charge in [-0.3, -0.25) is 0 Å². The monoisotopic (exact) mass is 326 g/mol. The van der Waals surface area contributed by atoms with E-state index in [9.17, 15) is 18.0 Å². The highest BCUT2D eigenvalue weighted by molar-refractivity contribution is 6.37. The summed E-state index contributed by atoms with van der Waals surface area (Å²) in [4.78, 5) is 10.9. The Balaban J connectivity index is 2.66. The molecular formula is C12H7Cl2F3O3. The quantitative estimate of drug-likeness (QED) is 0.845. The molecule has 1 N–H and O–H groups in total. The topological polar surface area (TPSA) is 46.5 Å². The Morgan fingerprint density at radius 1 is 1.40 bits per heavy atom. The molecule has 1 aliphatic heterocycles. The van der Waals surface area contributed by atoms with Crippen LogP contribution in [0.1, 0.15) is 11.1 Å². The number of fused-ring (bicyclic) bond motifs is 1. The lowest BCUT2D eigenvalue weighted by molar-refractivity contribution is -0.187. The number of halogens is 5. The summed E-state index contributed by atoms with van der Waals surface area (Å²) in [5, 5.41) is 9.02. The van der Waals surface area contributed by atoms with Gasteiger partial charge in [-0.1, -0.05) is 23.2 Å². The van der Waals surface area contributed by atoms with Crippen LogP contribution in [0.2, 0.25) is 10.0 Å². The second-order valence-electron chi connectivity index (χ2n) is 4.16. The first kappa shape index (κ1) is 15.0. The Kier molecular flexibility index (Phi) is 3.64. The average molecular weight is 327 g/mol. The van der Waals surface area contributed by atoms with Crippen LogP contribution in [0.4, 0.5) is 13.2 Å². The van der Waals surface area contributed by atoms with Crippen molar-refractivity contribution >= 4 is 35.2 Å². The Hall–Kier alpha value is -1.40. The van der Waals surface area contributed by atoms with Crippen molar-refractivity contribution in [3.63, 3.8) is 0 Å². The lowest BCUT2D eigenvalue weighted by Crippen LogP contribution is -2.40. The predicted octanol–water partition coefficient (Wildman–Crippen LogP) is 4.09. The molecule has 2 rings (SSSR count). The van der Waals surface area contributed by atoms with Crippen LogP contribution in [0.25, 0.3) is 6.08 Å². The standard InChI is InChI=1S/C12H7Cl2F3O3/c1-4-7(13)3-5-2-6(11(18)19)10(12(15,16)17)20-9(5)8(4)14/h2-3,10H,1H3,(H,18,19)/t10-/m0/s1. The molecule has 0 radical (unpaired) electrons. The first-order chi connectivity index (χ1) is 9.12. The van der Waals surface area contributed by atoms with Crippen LogP contribution in [-0.2, 0) is 4.79 Å². The molecule has 20 heavy (non-hydrogen) atoms. The number of benzene rings is 1. The molecule has 1 heterocycles. The van der Waals surface area contributed by atoms with Crippen molar-refractivity contribution in [3.8, 4) is 5.75 Å². The number of alkyl halides is 3. The fourth-order valence-corrected chi connectivity index (χ4v) is 2.30. The van der Waals surface area contributed by atoms with Crippen molar-refractivity contribution in [2.24, 2.45) is 0 Å². The van der Waals surface area contributed by atoms with Gasteiger partial charge < -0.3 is 9.84 Å². The molecule has 1 aromatic rings. The molecule has 0 spiro atoms. The third kappa shape index (κ3) is 2.45. The van der Waals surface area contributed by atoms with E-state index in [-0.39, 0.29) is 21.4 Å². The Morgan fingerprint density at radius 2 is 2.00 bits per heavy atom. The molecule has 0 aromatic heterocycles. The maximum absolute atomic E-state index is 12.9. The van der Waals surface area contributed by atoms with E-state index in [1.165, 1.54) is 13.0 Å². The first-order valence-corrected chi connectivity index (χ1v) is 6.05. The summed E-state index contributed by atoms with van der Waals surface area (Å²) in [5.74, 6) is -1.94. The number of carboxylic acids is 1. The Bertz CT molecular complexity index is 623. The zero-order chi connectivity index (χ0) is 15.2. The molecule has 0 amide bonds. The van der Waals surface area contributed by atoms with E-state index >= 15 is 0 Å². The maximum Gasteiger partial charge on any atom is 0.430 e. The van der Waals surface area contributed by atoms with Crippen molar-refractivity contribution in [2.45, 2.75) is 19.2 Å². The first-order valence-electron chi connectivity index (χ1n) is 5.29. The van der Waals surface area contributed by atoms with Crippen molar-refractivity contribution in [1.29, 1.82) is 0 Å². The lowest BCUT2D eigenvalue weighted by Gasteiger charge is -2.28. The van der Waals surface area contributed by atoms with Crippen LogP contribution < -0.4 is 4.74 Å². The van der Waals surface area contributed by atoms with Gasteiger partial charge in [0.25, 0.3) is 0 Å². The smallest absolute Gasteiger partial charge is 0.430 e. The van der Waals surface area contributed by atoms with E-state index in [0.29, 0.717) is 5.56 Å². The SMILES string of the molecule is Cc1c(Cl)cc2c(c1Cl)O[C@H](C(F)(F)F)C(C(=O)O)=C2. The normalized spacial score (nSPS) is 18.1. The van der Waals surface area contributed by atoms with Gasteiger partial charge in [0.1, 0.15) is 5.75 Å². The second kappa shape index (κ2) is 4.86. The van der Waals surface area contributed by atoms with Gasteiger partial charge in [0.05, 0.1) is 10.6 Å². The van der Waals surface area contributed by atoms with Crippen molar-refractivity contribution in [3.05, 3.63) is 32.8 Å². The third-order valence-electron chi connectivity index (χ3n) is 2.80. The minimum absolute atomic E-state index is 0.0672.